The minimum atomic E-state index is -0.521. The summed E-state index contributed by atoms with van der Waals surface area (Å²) in [5.74, 6) is 1.54. The van der Waals surface area contributed by atoms with E-state index >= 15 is 0 Å². The molecule has 0 aliphatic rings. The van der Waals surface area contributed by atoms with Crippen LogP contribution in [0.25, 0.3) is 6.08 Å². The van der Waals surface area contributed by atoms with E-state index in [2.05, 4.69) is 6.92 Å². The summed E-state index contributed by atoms with van der Waals surface area (Å²) in [6, 6.07) is 10.7. The Balaban J connectivity index is 2.21. The number of amides is 1. The maximum atomic E-state index is 13.0. The molecule has 0 spiro atoms. The number of ether oxygens (including phenoxy) is 5. The number of carbonyl (C=O) groups excluding carboxylic acids is 2. The van der Waals surface area contributed by atoms with Gasteiger partial charge in [0.15, 0.2) is 11.5 Å². The lowest BCUT2D eigenvalue weighted by Gasteiger charge is -2.21. The Bertz CT molecular complexity index is 965. The lowest BCUT2D eigenvalue weighted by molar-refractivity contribution is -0.145. The molecule has 0 heterocycles. The maximum Gasteiger partial charge on any atom is 0.325 e. The van der Waals surface area contributed by atoms with Gasteiger partial charge in [-0.3, -0.25) is 9.59 Å². The highest BCUT2D eigenvalue weighted by Gasteiger charge is 2.17. The van der Waals surface area contributed by atoms with E-state index in [4.69, 9.17) is 23.7 Å². The van der Waals surface area contributed by atoms with Crippen LogP contribution in [0, 0.1) is 0 Å². The topological polar surface area (TPSA) is 83.5 Å². The summed E-state index contributed by atoms with van der Waals surface area (Å²) in [7, 11) is 5.95. The van der Waals surface area contributed by atoms with E-state index < -0.39 is 5.97 Å². The van der Waals surface area contributed by atoms with Crippen molar-refractivity contribution in [3.8, 4) is 23.0 Å². The summed E-state index contributed by atoms with van der Waals surface area (Å²) in [5.41, 5.74) is 1.51. The molecule has 0 aliphatic heterocycles. The number of unbranched alkanes of at least 4 members (excludes halogenated alkanes) is 1. The molecule has 0 fully saturated rings. The van der Waals surface area contributed by atoms with Gasteiger partial charge in [-0.1, -0.05) is 19.4 Å². The van der Waals surface area contributed by atoms with Gasteiger partial charge in [0.2, 0.25) is 5.91 Å². The summed E-state index contributed by atoms with van der Waals surface area (Å²) in [4.78, 5) is 26.3. The zero-order valence-electron chi connectivity index (χ0n) is 20.5. The highest BCUT2D eigenvalue weighted by molar-refractivity contribution is 5.93. The van der Waals surface area contributed by atoms with Crippen LogP contribution in [0.4, 0.5) is 0 Å². The summed E-state index contributed by atoms with van der Waals surface area (Å²) >= 11 is 0. The van der Waals surface area contributed by atoms with Crippen molar-refractivity contribution in [1.82, 2.24) is 4.90 Å². The molecular weight excluding hydrogens is 438 g/mol. The van der Waals surface area contributed by atoms with Crippen molar-refractivity contribution in [2.24, 2.45) is 0 Å². The molecule has 0 N–H and O–H groups in total. The van der Waals surface area contributed by atoms with Crippen LogP contribution in [0.2, 0.25) is 0 Å². The zero-order chi connectivity index (χ0) is 24.9. The molecule has 2 aromatic rings. The summed E-state index contributed by atoms with van der Waals surface area (Å²) in [6.45, 7) is 2.67. The molecule has 0 saturated carbocycles. The SMILES string of the molecule is CCCCOc1ccc(/C=C/C(=O)N(CC(=O)OC)Cc2cc(OC)cc(OC)c2)cc1OC. The predicted molar refractivity (Wildman–Crippen MR) is 129 cm³/mol. The first kappa shape index (κ1) is 26.6. The third-order valence-electron chi connectivity index (χ3n) is 5.01. The largest absolute Gasteiger partial charge is 0.497 e. The first-order valence-electron chi connectivity index (χ1n) is 11.0. The second-order valence-corrected chi connectivity index (χ2v) is 7.44. The molecule has 0 saturated heterocycles. The minimum Gasteiger partial charge on any atom is -0.497 e. The fourth-order valence-electron chi connectivity index (χ4n) is 3.12. The van der Waals surface area contributed by atoms with Crippen molar-refractivity contribution >= 4 is 18.0 Å². The fourth-order valence-corrected chi connectivity index (χ4v) is 3.12. The number of benzene rings is 2. The van der Waals surface area contributed by atoms with Crippen LogP contribution in [0.15, 0.2) is 42.5 Å². The second kappa shape index (κ2) is 13.8. The van der Waals surface area contributed by atoms with Gasteiger partial charge >= 0.3 is 5.97 Å². The van der Waals surface area contributed by atoms with E-state index in [-0.39, 0.29) is 19.0 Å². The van der Waals surface area contributed by atoms with Gasteiger partial charge in [0.05, 0.1) is 35.0 Å². The van der Waals surface area contributed by atoms with E-state index in [1.165, 1.54) is 18.1 Å². The smallest absolute Gasteiger partial charge is 0.325 e. The number of hydrogen-bond donors (Lipinski definition) is 0. The maximum absolute atomic E-state index is 13.0. The van der Waals surface area contributed by atoms with Crippen LogP contribution >= 0.6 is 0 Å². The lowest BCUT2D eigenvalue weighted by Crippen LogP contribution is -2.34. The van der Waals surface area contributed by atoms with Gasteiger partial charge in [-0.2, -0.15) is 0 Å². The van der Waals surface area contributed by atoms with Crippen molar-refractivity contribution < 1.29 is 33.3 Å². The quantitative estimate of drug-likeness (QED) is 0.247. The van der Waals surface area contributed by atoms with Crippen LogP contribution in [0.3, 0.4) is 0 Å². The number of rotatable bonds is 13. The third-order valence-corrected chi connectivity index (χ3v) is 5.01. The van der Waals surface area contributed by atoms with Crippen molar-refractivity contribution in [3.05, 3.63) is 53.6 Å². The molecule has 0 bridgehead atoms. The number of methoxy groups -OCH3 is 4. The molecule has 2 aromatic carbocycles. The predicted octanol–water partition coefficient (Wildman–Crippen LogP) is 4.11. The van der Waals surface area contributed by atoms with E-state index in [0.717, 1.165) is 24.0 Å². The third kappa shape index (κ3) is 8.03. The Morgan fingerprint density at radius 3 is 2.21 bits per heavy atom. The minimum absolute atomic E-state index is 0.166. The Labute approximate surface area is 201 Å². The average molecular weight is 472 g/mol. The van der Waals surface area contributed by atoms with E-state index in [0.29, 0.717) is 29.6 Å². The molecule has 0 aliphatic carbocycles. The van der Waals surface area contributed by atoms with Gasteiger partial charge in [0.25, 0.3) is 0 Å². The second-order valence-electron chi connectivity index (χ2n) is 7.44. The molecule has 0 unspecified atom stereocenters. The monoisotopic (exact) mass is 471 g/mol. The Morgan fingerprint density at radius 1 is 0.912 bits per heavy atom. The fraction of sp³-hybridized carbons (Fsp3) is 0.385. The molecule has 0 atom stereocenters. The van der Waals surface area contributed by atoms with Crippen molar-refractivity contribution in [1.29, 1.82) is 0 Å². The molecule has 2 rings (SSSR count). The molecule has 184 valence electrons. The van der Waals surface area contributed by atoms with E-state index in [1.54, 1.807) is 51.7 Å². The molecule has 8 nitrogen and oxygen atoms in total. The van der Waals surface area contributed by atoms with E-state index in [9.17, 15) is 9.59 Å². The van der Waals surface area contributed by atoms with Gasteiger partial charge in [-0.15, -0.1) is 0 Å². The average Bonchev–Trinajstić information content (AvgIpc) is 2.86. The summed E-state index contributed by atoms with van der Waals surface area (Å²) in [5, 5.41) is 0. The number of hydrogen-bond acceptors (Lipinski definition) is 7. The molecule has 8 heteroatoms. The van der Waals surface area contributed by atoms with Crippen molar-refractivity contribution in [3.63, 3.8) is 0 Å². The molecule has 0 aromatic heterocycles. The Hall–Kier alpha value is -3.68. The van der Waals surface area contributed by atoms with Crippen LogP contribution in [-0.2, 0) is 20.9 Å². The highest BCUT2D eigenvalue weighted by atomic mass is 16.5. The summed E-state index contributed by atoms with van der Waals surface area (Å²) in [6.07, 6.45) is 5.06. The highest BCUT2D eigenvalue weighted by Crippen LogP contribution is 2.29. The number of esters is 1. The van der Waals surface area contributed by atoms with Gasteiger partial charge in [0, 0.05) is 18.7 Å². The number of nitrogens with zero attached hydrogens (tertiary/aromatic N) is 1. The van der Waals surface area contributed by atoms with Crippen LogP contribution in [0.1, 0.15) is 30.9 Å². The first-order valence-corrected chi connectivity index (χ1v) is 11.0. The standard InChI is InChI=1S/C26H33NO7/c1-6-7-12-34-23-10-8-19(15-24(23)32-4)9-11-25(28)27(18-26(29)33-5)17-20-13-21(30-2)16-22(14-20)31-3/h8-11,13-16H,6-7,12,17-18H2,1-5H3/b11-9+. The van der Waals surface area contributed by atoms with E-state index in [1.807, 2.05) is 12.1 Å². The zero-order valence-corrected chi connectivity index (χ0v) is 20.5. The Morgan fingerprint density at radius 2 is 1.62 bits per heavy atom. The molecule has 1 amide bonds. The van der Waals surface area contributed by atoms with Gasteiger partial charge < -0.3 is 28.6 Å². The van der Waals surface area contributed by atoms with Gasteiger partial charge in [-0.05, 0) is 47.9 Å². The van der Waals surface area contributed by atoms with Crippen LogP contribution < -0.4 is 18.9 Å². The normalized spacial score (nSPS) is 10.6. The molecule has 34 heavy (non-hydrogen) atoms. The van der Waals surface area contributed by atoms with Crippen molar-refractivity contribution in [2.75, 3.05) is 41.6 Å². The molecular formula is C26H33NO7. The van der Waals surface area contributed by atoms with Gasteiger partial charge in [0.1, 0.15) is 18.0 Å². The summed E-state index contributed by atoms with van der Waals surface area (Å²) < 4.78 is 26.5. The molecule has 0 radical (unpaired) electrons. The van der Waals surface area contributed by atoms with Crippen molar-refractivity contribution in [2.45, 2.75) is 26.3 Å². The Kier molecular flexibility index (Phi) is 10.8. The van der Waals surface area contributed by atoms with Crippen LogP contribution in [-0.4, -0.2) is 58.4 Å². The lowest BCUT2D eigenvalue weighted by atomic mass is 10.1. The van der Waals surface area contributed by atoms with Crippen LogP contribution in [0.5, 0.6) is 23.0 Å². The number of carbonyl (C=O) groups is 2. The van der Waals surface area contributed by atoms with Gasteiger partial charge in [-0.25, -0.2) is 0 Å². The first-order chi connectivity index (χ1) is 16.4.